The molecule has 4 rings (SSSR count). The van der Waals surface area contributed by atoms with Crippen LogP contribution in [0.2, 0.25) is 0 Å². The zero-order chi connectivity index (χ0) is 24.1. The summed E-state index contributed by atoms with van der Waals surface area (Å²) in [7, 11) is 0. The number of nitrogens with one attached hydrogen (secondary N) is 1. The SMILES string of the molecule is O=C(CN1CCN(c2cccc(C(F)(F)F)c2)CC1)Nc1ccccc1C(=O)c1ccccc1. The summed E-state index contributed by atoms with van der Waals surface area (Å²) in [6.45, 7) is 2.22. The van der Waals surface area contributed by atoms with Gasteiger partial charge in [0.15, 0.2) is 5.78 Å². The second-order valence-electron chi connectivity index (χ2n) is 8.10. The number of hydrogen-bond donors (Lipinski definition) is 1. The third-order valence-electron chi connectivity index (χ3n) is 5.76. The summed E-state index contributed by atoms with van der Waals surface area (Å²) in [6.07, 6.45) is -4.38. The van der Waals surface area contributed by atoms with Crippen molar-refractivity contribution in [2.75, 3.05) is 42.9 Å². The molecule has 1 fully saturated rings. The Balaban J connectivity index is 1.35. The predicted molar refractivity (Wildman–Crippen MR) is 125 cm³/mol. The number of piperazine rings is 1. The highest BCUT2D eigenvalue weighted by molar-refractivity contribution is 6.13. The zero-order valence-corrected chi connectivity index (χ0v) is 18.4. The molecule has 0 atom stereocenters. The molecule has 0 bridgehead atoms. The van der Waals surface area contributed by atoms with Crippen LogP contribution in [-0.2, 0) is 11.0 Å². The van der Waals surface area contributed by atoms with Crippen molar-refractivity contribution in [3.8, 4) is 0 Å². The molecule has 8 heteroatoms. The van der Waals surface area contributed by atoms with Crippen LogP contribution in [0.4, 0.5) is 24.5 Å². The Morgan fingerprint density at radius 1 is 0.824 bits per heavy atom. The van der Waals surface area contributed by atoms with Crippen molar-refractivity contribution in [2.24, 2.45) is 0 Å². The quantitative estimate of drug-likeness (QED) is 0.534. The van der Waals surface area contributed by atoms with E-state index in [-0.39, 0.29) is 18.2 Å². The Morgan fingerprint density at radius 2 is 1.50 bits per heavy atom. The van der Waals surface area contributed by atoms with Gasteiger partial charge in [-0.3, -0.25) is 14.5 Å². The first-order valence-corrected chi connectivity index (χ1v) is 10.9. The minimum absolute atomic E-state index is 0.129. The molecule has 5 nitrogen and oxygen atoms in total. The van der Waals surface area contributed by atoms with E-state index in [2.05, 4.69) is 5.32 Å². The van der Waals surface area contributed by atoms with Crippen LogP contribution in [0, 0.1) is 0 Å². The number of carbonyl (C=O) groups is 2. The molecular weight excluding hydrogens is 443 g/mol. The minimum atomic E-state index is -4.38. The molecule has 1 N–H and O–H groups in total. The normalized spacial score (nSPS) is 14.6. The smallest absolute Gasteiger partial charge is 0.369 e. The molecule has 0 saturated carbocycles. The topological polar surface area (TPSA) is 52.7 Å². The van der Waals surface area contributed by atoms with Crippen molar-refractivity contribution >= 4 is 23.1 Å². The highest BCUT2D eigenvalue weighted by atomic mass is 19.4. The molecule has 176 valence electrons. The van der Waals surface area contributed by atoms with Crippen LogP contribution in [0.25, 0.3) is 0 Å². The molecule has 1 saturated heterocycles. The van der Waals surface area contributed by atoms with Crippen molar-refractivity contribution in [1.82, 2.24) is 4.90 Å². The summed E-state index contributed by atoms with van der Waals surface area (Å²) in [4.78, 5) is 29.4. The van der Waals surface area contributed by atoms with Crippen LogP contribution >= 0.6 is 0 Å². The van der Waals surface area contributed by atoms with E-state index in [1.54, 1.807) is 54.6 Å². The van der Waals surface area contributed by atoms with E-state index in [4.69, 9.17) is 0 Å². The first-order valence-electron chi connectivity index (χ1n) is 10.9. The molecule has 34 heavy (non-hydrogen) atoms. The van der Waals surface area contributed by atoms with Gasteiger partial charge in [0, 0.05) is 43.0 Å². The average Bonchev–Trinajstić information content (AvgIpc) is 2.84. The lowest BCUT2D eigenvalue weighted by atomic mass is 10.0. The maximum absolute atomic E-state index is 13.0. The van der Waals surface area contributed by atoms with Gasteiger partial charge in [0.05, 0.1) is 17.8 Å². The minimum Gasteiger partial charge on any atom is -0.369 e. The first kappa shape index (κ1) is 23.5. The summed E-state index contributed by atoms with van der Waals surface area (Å²) >= 11 is 0. The van der Waals surface area contributed by atoms with Gasteiger partial charge in [-0.2, -0.15) is 13.2 Å². The van der Waals surface area contributed by atoms with Crippen LogP contribution in [0.5, 0.6) is 0 Å². The van der Waals surface area contributed by atoms with E-state index in [0.717, 1.165) is 12.1 Å². The third kappa shape index (κ3) is 5.63. The fraction of sp³-hybridized carbons (Fsp3) is 0.231. The van der Waals surface area contributed by atoms with E-state index in [1.165, 1.54) is 6.07 Å². The summed E-state index contributed by atoms with van der Waals surface area (Å²) in [5.41, 5.74) is 1.25. The van der Waals surface area contributed by atoms with E-state index >= 15 is 0 Å². The lowest BCUT2D eigenvalue weighted by Gasteiger charge is -2.36. The van der Waals surface area contributed by atoms with E-state index in [9.17, 15) is 22.8 Å². The highest BCUT2D eigenvalue weighted by Crippen LogP contribution is 2.32. The number of anilines is 2. The Hall–Kier alpha value is -3.65. The average molecular weight is 467 g/mol. The Labute approximate surface area is 195 Å². The number of alkyl halides is 3. The molecule has 1 amide bonds. The standard InChI is InChI=1S/C26H24F3N3O2/c27-26(28,29)20-9-6-10-21(17-20)32-15-13-31(14-16-32)18-24(33)30-23-12-5-4-11-22(23)25(34)19-7-2-1-3-8-19/h1-12,17H,13-16,18H2,(H,30,33). The van der Waals surface area contributed by atoms with Gasteiger partial charge in [-0.1, -0.05) is 48.5 Å². The second kappa shape index (κ2) is 10.1. The van der Waals surface area contributed by atoms with Crippen LogP contribution in [0.3, 0.4) is 0 Å². The fourth-order valence-corrected chi connectivity index (χ4v) is 3.97. The number of carbonyl (C=O) groups excluding carboxylic acids is 2. The summed E-state index contributed by atoms with van der Waals surface area (Å²) in [5.74, 6) is -0.424. The Bertz CT molecular complexity index is 1160. The first-order chi connectivity index (χ1) is 16.3. The van der Waals surface area contributed by atoms with Crippen LogP contribution in [0.15, 0.2) is 78.9 Å². The van der Waals surface area contributed by atoms with E-state index in [1.807, 2.05) is 15.9 Å². The molecule has 0 unspecified atom stereocenters. The highest BCUT2D eigenvalue weighted by Gasteiger charge is 2.31. The number of halogens is 3. The second-order valence-corrected chi connectivity index (χ2v) is 8.10. The van der Waals surface area contributed by atoms with Crippen molar-refractivity contribution in [3.63, 3.8) is 0 Å². The monoisotopic (exact) mass is 467 g/mol. The largest absolute Gasteiger partial charge is 0.416 e. The lowest BCUT2D eigenvalue weighted by molar-refractivity contribution is -0.137. The maximum atomic E-state index is 13.0. The van der Waals surface area contributed by atoms with Crippen molar-refractivity contribution in [1.29, 1.82) is 0 Å². The molecule has 3 aromatic rings. The van der Waals surface area contributed by atoms with Gasteiger partial charge >= 0.3 is 6.18 Å². The lowest BCUT2D eigenvalue weighted by Crippen LogP contribution is -2.48. The number of nitrogens with zero attached hydrogens (tertiary/aromatic N) is 2. The van der Waals surface area contributed by atoms with Crippen LogP contribution in [0.1, 0.15) is 21.5 Å². The molecular formula is C26H24F3N3O2. The molecule has 3 aromatic carbocycles. The number of ketones is 1. The number of benzene rings is 3. The summed E-state index contributed by atoms with van der Waals surface area (Å²) in [5, 5.41) is 2.84. The van der Waals surface area contributed by atoms with Gasteiger partial charge < -0.3 is 10.2 Å². The Morgan fingerprint density at radius 3 is 2.21 bits per heavy atom. The fourth-order valence-electron chi connectivity index (χ4n) is 3.97. The predicted octanol–water partition coefficient (Wildman–Crippen LogP) is 4.70. The van der Waals surface area contributed by atoms with E-state index < -0.39 is 11.7 Å². The van der Waals surface area contributed by atoms with Gasteiger partial charge in [-0.15, -0.1) is 0 Å². The molecule has 1 aliphatic heterocycles. The van der Waals surface area contributed by atoms with Gasteiger partial charge in [0.1, 0.15) is 0 Å². The number of rotatable bonds is 6. The number of para-hydroxylation sites is 1. The number of hydrogen-bond acceptors (Lipinski definition) is 4. The molecule has 1 heterocycles. The van der Waals surface area contributed by atoms with E-state index in [0.29, 0.717) is 48.7 Å². The molecule has 0 aromatic heterocycles. The maximum Gasteiger partial charge on any atom is 0.416 e. The summed E-state index contributed by atoms with van der Waals surface area (Å²) < 4.78 is 39.0. The van der Waals surface area contributed by atoms with Crippen molar-refractivity contribution < 1.29 is 22.8 Å². The van der Waals surface area contributed by atoms with Crippen molar-refractivity contribution in [2.45, 2.75) is 6.18 Å². The van der Waals surface area contributed by atoms with Gasteiger partial charge in [0.25, 0.3) is 0 Å². The molecule has 0 spiro atoms. The van der Waals surface area contributed by atoms with Gasteiger partial charge in [-0.25, -0.2) is 0 Å². The molecule has 1 aliphatic rings. The van der Waals surface area contributed by atoms with Crippen molar-refractivity contribution in [3.05, 3.63) is 95.6 Å². The third-order valence-corrected chi connectivity index (χ3v) is 5.76. The summed E-state index contributed by atoms with van der Waals surface area (Å²) in [6, 6.07) is 21.0. The molecule has 0 radical (unpaired) electrons. The number of amides is 1. The zero-order valence-electron chi connectivity index (χ0n) is 18.4. The van der Waals surface area contributed by atoms with Gasteiger partial charge in [-0.05, 0) is 30.3 Å². The molecule has 0 aliphatic carbocycles. The van der Waals surface area contributed by atoms with Gasteiger partial charge in [0.2, 0.25) is 5.91 Å². The van der Waals surface area contributed by atoms with Crippen LogP contribution in [-0.4, -0.2) is 49.3 Å². The Kier molecular flexibility index (Phi) is 6.98. The van der Waals surface area contributed by atoms with Crippen LogP contribution < -0.4 is 10.2 Å².